The Morgan fingerprint density at radius 2 is 1.63 bits per heavy atom. The van der Waals surface area contributed by atoms with E-state index in [4.69, 9.17) is 4.74 Å². The molecule has 196 valence electrons. The molecule has 4 rings (SSSR count). The van der Waals surface area contributed by atoms with Crippen LogP contribution in [-0.2, 0) is 11.2 Å². The second-order valence-corrected chi connectivity index (χ2v) is 11.0. The molecule has 3 aromatic carbocycles. The first kappa shape index (κ1) is 27.1. The van der Waals surface area contributed by atoms with Gasteiger partial charge in [0.05, 0.1) is 11.2 Å². The summed E-state index contributed by atoms with van der Waals surface area (Å²) in [6.07, 6.45) is 0.183. The zero-order valence-electron chi connectivity index (χ0n) is 22.4. The van der Waals surface area contributed by atoms with Crippen molar-refractivity contribution in [2.45, 2.75) is 46.6 Å². The summed E-state index contributed by atoms with van der Waals surface area (Å²) in [7, 11) is 0. The van der Waals surface area contributed by atoms with Crippen molar-refractivity contribution >= 4 is 34.7 Å². The van der Waals surface area contributed by atoms with E-state index in [0.717, 1.165) is 22.4 Å². The van der Waals surface area contributed by atoms with Gasteiger partial charge in [-0.05, 0) is 76.1 Å². The quantitative estimate of drug-likeness (QED) is 0.268. The number of anilines is 2. The Balaban J connectivity index is 1.53. The van der Waals surface area contributed by atoms with Crippen LogP contribution in [0.1, 0.15) is 48.0 Å². The lowest BCUT2D eigenvalue weighted by atomic mass is 9.96. The molecule has 0 unspecified atom stereocenters. The largest absolute Gasteiger partial charge is 0.443 e. The molecular formula is C31H33N3O3S. The second-order valence-electron chi connectivity index (χ2n) is 10.3. The van der Waals surface area contributed by atoms with Crippen LogP contribution in [0.4, 0.5) is 16.2 Å². The minimum absolute atomic E-state index is 0.194. The van der Waals surface area contributed by atoms with Crippen molar-refractivity contribution in [1.82, 2.24) is 4.98 Å². The highest BCUT2D eigenvalue weighted by atomic mass is 32.1. The number of aromatic nitrogens is 1. The maximum atomic E-state index is 13.3. The summed E-state index contributed by atoms with van der Waals surface area (Å²) >= 11 is 1.53. The van der Waals surface area contributed by atoms with Crippen molar-refractivity contribution in [1.29, 1.82) is 0 Å². The zero-order valence-corrected chi connectivity index (χ0v) is 23.3. The van der Waals surface area contributed by atoms with Gasteiger partial charge < -0.3 is 10.1 Å². The molecule has 0 radical (unpaired) electrons. The minimum Gasteiger partial charge on any atom is -0.443 e. The first-order valence-corrected chi connectivity index (χ1v) is 13.5. The molecule has 2 amide bonds. The van der Waals surface area contributed by atoms with Gasteiger partial charge in [0, 0.05) is 35.3 Å². The van der Waals surface area contributed by atoms with E-state index in [1.54, 1.807) is 22.5 Å². The maximum Gasteiger partial charge on any atom is 0.414 e. The first-order valence-electron chi connectivity index (χ1n) is 12.6. The monoisotopic (exact) mass is 527 g/mol. The third kappa shape index (κ3) is 7.07. The summed E-state index contributed by atoms with van der Waals surface area (Å²) in [5.41, 5.74) is 8.14. The Morgan fingerprint density at radius 1 is 0.947 bits per heavy atom. The van der Waals surface area contributed by atoms with Gasteiger partial charge in [-0.25, -0.2) is 9.78 Å². The van der Waals surface area contributed by atoms with Crippen molar-refractivity contribution in [2.24, 2.45) is 0 Å². The predicted molar refractivity (Wildman–Crippen MR) is 155 cm³/mol. The van der Waals surface area contributed by atoms with E-state index >= 15 is 0 Å². The number of benzene rings is 3. The summed E-state index contributed by atoms with van der Waals surface area (Å²) in [5.74, 6) is -0.194. The van der Waals surface area contributed by atoms with Gasteiger partial charge in [0.1, 0.15) is 5.60 Å². The third-order valence-corrected chi connectivity index (χ3v) is 6.54. The summed E-state index contributed by atoms with van der Waals surface area (Å²) in [6.45, 7) is 10.0. The molecule has 0 aliphatic rings. The molecule has 1 N–H and O–H groups in total. The van der Waals surface area contributed by atoms with E-state index in [0.29, 0.717) is 29.9 Å². The normalized spacial score (nSPS) is 11.2. The number of carbonyl (C=O) groups excluding carboxylic acids is 2. The standard InChI is InChI=1S/C31H33N3O3S/c1-21-6-9-23(10-7-21)28-18-22(2)8-15-27(28)29(35)33-24-11-13-26(14-12-24)34(30(36)37-31(3,4)5)17-16-25-19-38-20-32-25/h6-15,18-20H,16-17H2,1-5H3,(H,33,35). The number of rotatable bonds is 7. The average molecular weight is 528 g/mol. The van der Waals surface area contributed by atoms with Crippen molar-refractivity contribution < 1.29 is 14.3 Å². The van der Waals surface area contributed by atoms with Gasteiger partial charge in [0.15, 0.2) is 0 Å². The molecule has 0 aliphatic carbocycles. The topological polar surface area (TPSA) is 71.5 Å². The van der Waals surface area contributed by atoms with Crippen LogP contribution in [0.2, 0.25) is 0 Å². The molecule has 0 fully saturated rings. The minimum atomic E-state index is -0.618. The molecule has 0 saturated heterocycles. The number of carbonyl (C=O) groups is 2. The predicted octanol–water partition coefficient (Wildman–Crippen LogP) is 7.66. The van der Waals surface area contributed by atoms with Crippen LogP contribution >= 0.6 is 11.3 Å². The molecule has 7 heteroatoms. The Hall–Kier alpha value is -3.97. The van der Waals surface area contributed by atoms with Crippen molar-refractivity contribution in [2.75, 3.05) is 16.8 Å². The molecule has 38 heavy (non-hydrogen) atoms. The molecule has 1 heterocycles. The number of nitrogens with one attached hydrogen (secondary N) is 1. The molecule has 0 bridgehead atoms. The molecule has 0 aliphatic heterocycles. The summed E-state index contributed by atoms with van der Waals surface area (Å²) < 4.78 is 5.65. The van der Waals surface area contributed by atoms with Crippen molar-refractivity contribution in [3.05, 3.63) is 100 Å². The lowest BCUT2D eigenvalue weighted by Gasteiger charge is -2.27. The number of hydrogen-bond acceptors (Lipinski definition) is 5. The highest BCUT2D eigenvalue weighted by Gasteiger charge is 2.24. The second kappa shape index (κ2) is 11.6. The zero-order chi connectivity index (χ0) is 27.3. The Labute approximate surface area is 228 Å². The molecule has 6 nitrogen and oxygen atoms in total. The van der Waals surface area contributed by atoms with E-state index < -0.39 is 11.7 Å². The Kier molecular flexibility index (Phi) is 8.27. The SMILES string of the molecule is Cc1ccc(-c2cc(C)ccc2C(=O)Nc2ccc(N(CCc3cscn3)C(=O)OC(C)(C)C)cc2)cc1. The fraction of sp³-hybridized carbons (Fsp3) is 0.258. The number of thiazole rings is 1. The number of ether oxygens (including phenoxy) is 1. The van der Waals surface area contributed by atoms with Gasteiger partial charge >= 0.3 is 6.09 Å². The molecule has 4 aromatic rings. The third-order valence-electron chi connectivity index (χ3n) is 5.91. The maximum absolute atomic E-state index is 13.3. The number of hydrogen-bond donors (Lipinski definition) is 1. The molecule has 0 spiro atoms. The Bertz CT molecular complexity index is 1390. The van der Waals surface area contributed by atoms with E-state index in [1.807, 2.05) is 94.6 Å². The molecular weight excluding hydrogens is 494 g/mol. The number of amides is 2. The Morgan fingerprint density at radius 3 is 2.26 bits per heavy atom. The summed E-state index contributed by atoms with van der Waals surface area (Å²) in [6, 6.07) is 21.2. The van der Waals surface area contributed by atoms with Crippen LogP contribution in [0.3, 0.4) is 0 Å². The smallest absolute Gasteiger partial charge is 0.414 e. The van der Waals surface area contributed by atoms with Gasteiger partial charge in [-0.2, -0.15) is 0 Å². The van der Waals surface area contributed by atoms with Crippen LogP contribution < -0.4 is 10.2 Å². The summed E-state index contributed by atoms with van der Waals surface area (Å²) in [4.78, 5) is 32.2. The van der Waals surface area contributed by atoms with Crippen LogP contribution in [0.5, 0.6) is 0 Å². The highest BCUT2D eigenvalue weighted by molar-refractivity contribution is 7.07. The van der Waals surface area contributed by atoms with Crippen molar-refractivity contribution in [3.8, 4) is 11.1 Å². The summed E-state index contributed by atoms with van der Waals surface area (Å²) in [5, 5.41) is 4.98. The van der Waals surface area contributed by atoms with Gasteiger partial charge in [-0.3, -0.25) is 9.69 Å². The van der Waals surface area contributed by atoms with E-state index in [9.17, 15) is 9.59 Å². The fourth-order valence-electron chi connectivity index (χ4n) is 3.98. The van der Waals surface area contributed by atoms with Gasteiger partial charge in [-0.1, -0.05) is 47.5 Å². The molecule has 0 saturated carbocycles. The molecule has 1 aromatic heterocycles. The van der Waals surface area contributed by atoms with Crippen LogP contribution in [-0.4, -0.2) is 29.1 Å². The highest BCUT2D eigenvalue weighted by Crippen LogP contribution is 2.27. The van der Waals surface area contributed by atoms with Crippen LogP contribution in [0, 0.1) is 13.8 Å². The van der Waals surface area contributed by atoms with Gasteiger partial charge in [0.2, 0.25) is 0 Å². The van der Waals surface area contributed by atoms with Gasteiger partial charge in [-0.15, -0.1) is 11.3 Å². The van der Waals surface area contributed by atoms with E-state index in [2.05, 4.69) is 10.3 Å². The lowest BCUT2D eigenvalue weighted by molar-refractivity contribution is 0.0580. The average Bonchev–Trinajstić information content (AvgIpc) is 3.38. The fourth-order valence-corrected chi connectivity index (χ4v) is 4.57. The van der Waals surface area contributed by atoms with Crippen molar-refractivity contribution in [3.63, 3.8) is 0 Å². The van der Waals surface area contributed by atoms with E-state index in [-0.39, 0.29) is 5.91 Å². The molecule has 0 atom stereocenters. The van der Waals surface area contributed by atoms with E-state index in [1.165, 1.54) is 16.9 Å². The first-order chi connectivity index (χ1) is 18.1. The van der Waals surface area contributed by atoms with Crippen LogP contribution in [0.15, 0.2) is 77.6 Å². The number of aryl methyl sites for hydroxylation is 2. The van der Waals surface area contributed by atoms with Crippen LogP contribution in [0.25, 0.3) is 11.1 Å². The van der Waals surface area contributed by atoms with Gasteiger partial charge in [0.25, 0.3) is 5.91 Å². The lowest BCUT2D eigenvalue weighted by Crippen LogP contribution is -2.38. The number of nitrogens with zero attached hydrogens (tertiary/aromatic N) is 2.